The molecular weight excluding hydrogens is 791 g/mol. The number of ether oxygens (including phenoxy) is 4. The summed E-state index contributed by atoms with van der Waals surface area (Å²) in [4.78, 5) is 7.31. The molecule has 1 fully saturated rings. The molecule has 7 nitrogen and oxygen atoms in total. The van der Waals surface area contributed by atoms with Crippen LogP contribution in [0.25, 0.3) is 50.0 Å². The van der Waals surface area contributed by atoms with Gasteiger partial charge in [-0.1, -0.05) is 110 Å². The molecule has 10 rings (SSSR count). The first-order valence-corrected chi connectivity index (χ1v) is 22.3. The minimum absolute atomic E-state index is 0.212. The van der Waals surface area contributed by atoms with Gasteiger partial charge in [0.25, 0.3) is 0 Å². The normalized spacial score (nSPS) is 13.1. The van der Waals surface area contributed by atoms with Gasteiger partial charge in [0.05, 0.1) is 43.1 Å². The Morgan fingerprint density at radius 2 is 1.25 bits per heavy atom. The number of unbranched alkanes of at least 4 members (excludes halogenated alkanes) is 1. The number of para-hydroxylation sites is 2. The van der Waals surface area contributed by atoms with Gasteiger partial charge in [-0.2, -0.15) is 0 Å². The van der Waals surface area contributed by atoms with E-state index in [0.717, 1.165) is 113 Å². The van der Waals surface area contributed by atoms with Crippen molar-refractivity contribution < 1.29 is 18.9 Å². The molecule has 2 heterocycles. The summed E-state index contributed by atoms with van der Waals surface area (Å²) in [6.45, 7) is 5.95. The highest BCUT2D eigenvalue weighted by Gasteiger charge is 2.36. The van der Waals surface area contributed by atoms with Crippen LogP contribution < -0.4 is 14.4 Å². The molecule has 318 valence electrons. The molecule has 0 saturated carbocycles. The number of hydrogen-bond acceptors (Lipinski definition) is 6. The summed E-state index contributed by atoms with van der Waals surface area (Å²) < 4.78 is 26.6. The second-order valence-electron chi connectivity index (χ2n) is 16.6. The Morgan fingerprint density at radius 3 is 2.05 bits per heavy atom. The molecular formula is C57H51N3O4. The number of benzene rings is 8. The van der Waals surface area contributed by atoms with E-state index in [1.54, 1.807) is 0 Å². The lowest BCUT2D eigenvalue weighted by Crippen LogP contribution is -2.45. The third kappa shape index (κ3) is 8.86. The van der Waals surface area contributed by atoms with Crippen LogP contribution in [0.2, 0.25) is 0 Å². The minimum Gasteiger partial charge on any atom is -0.494 e. The van der Waals surface area contributed by atoms with Gasteiger partial charge >= 0.3 is 0 Å². The molecule has 0 radical (unpaired) electrons. The summed E-state index contributed by atoms with van der Waals surface area (Å²) in [7, 11) is 0. The smallest absolute Gasteiger partial charge is 0.145 e. The first-order valence-electron chi connectivity index (χ1n) is 22.3. The highest BCUT2D eigenvalue weighted by molar-refractivity contribution is 5.92. The molecule has 8 aromatic carbocycles. The summed E-state index contributed by atoms with van der Waals surface area (Å²) in [6.07, 6.45) is 2.95. The Bertz CT molecular complexity index is 2970. The molecule has 0 bridgehead atoms. The highest BCUT2D eigenvalue weighted by Crippen LogP contribution is 2.40. The second-order valence-corrected chi connectivity index (χ2v) is 16.6. The number of hydrogen-bond donors (Lipinski definition) is 0. The molecule has 0 atom stereocenters. The van der Waals surface area contributed by atoms with Gasteiger partial charge in [-0.15, -0.1) is 0 Å². The van der Waals surface area contributed by atoms with E-state index >= 15 is 0 Å². The zero-order valence-electron chi connectivity index (χ0n) is 36.1. The number of nitrogens with zero attached hydrogens (tertiary/aromatic N) is 3. The van der Waals surface area contributed by atoms with E-state index in [2.05, 4.69) is 156 Å². The minimum atomic E-state index is 0.212. The van der Waals surface area contributed by atoms with Crippen LogP contribution in [-0.4, -0.2) is 42.6 Å². The van der Waals surface area contributed by atoms with Gasteiger partial charge in [0.2, 0.25) is 0 Å². The van der Waals surface area contributed by atoms with E-state index in [-0.39, 0.29) is 5.41 Å². The zero-order chi connectivity index (χ0) is 43.1. The van der Waals surface area contributed by atoms with Gasteiger partial charge in [0.1, 0.15) is 23.1 Å². The molecule has 0 aliphatic carbocycles. The number of anilines is 3. The molecule has 7 heteroatoms. The maximum Gasteiger partial charge on any atom is 0.145 e. The molecule has 1 aliphatic heterocycles. The number of imidazole rings is 1. The van der Waals surface area contributed by atoms with E-state index < -0.39 is 0 Å². The molecule has 0 N–H and O–H groups in total. The summed E-state index contributed by atoms with van der Waals surface area (Å²) in [5.74, 6) is 3.18. The Labute approximate surface area is 375 Å². The summed E-state index contributed by atoms with van der Waals surface area (Å²) >= 11 is 0. The lowest BCUT2D eigenvalue weighted by Gasteiger charge is -2.40. The van der Waals surface area contributed by atoms with Crippen LogP contribution in [0.3, 0.4) is 0 Å². The van der Waals surface area contributed by atoms with Crippen LogP contribution in [0.5, 0.6) is 17.2 Å². The fourth-order valence-electron chi connectivity index (χ4n) is 8.46. The quantitative estimate of drug-likeness (QED) is 0.0851. The van der Waals surface area contributed by atoms with Gasteiger partial charge in [-0.05, 0) is 120 Å². The predicted molar refractivity (Wildman–Crippen MR) is 260 cm³/mol. The van der Waals surface area contributed by atoms with E-state index in [9.17, 15) is 0 Å². The second kappa shape index (κ2) is 18.7. The van der Waals surface area contributed by atoms with Crippen molar-refractivity contribution in [3.8, 4) is 45.5 Å². The molecule has 1 aromatic heterocycles. The van der Waals surface area contributed by atoms with Crippen LogP contribution in [0.1, 0.15) is 26.2 Å². The molecule has 0 amide bonds. The van der Waals surface area contributed by atoms with Crippen molar-refractivity contribution in [3.05, 3.63) is 194 Å². The SMILES string of the molecule is CCC1(COCCCCOc2cccc(N(c3ccc(Oc4cccc(-n5c(-c6ccccc6)nc6ccccc65)c4)cc3)c3ccc4cc(-c5ccccc5)ccc4c3)c2)COC1. The first-order chi connectivity index (χ1) is 31.6. The van der Waals surface area contributed by atoms with Crippen molar-refractivity contribution in [2.24, 2.45) is 5.41 Å². The van der Waals surface area contributed by atoms with E-state index in [1.165, 1.54) is 16.5 Å². The van der Waals surface area contributed by atoms with Gasteiger partial charge in [0, 0.05) is 46.8 Å². The van der Waals surface area contributed by atoms with Crippen molar-refractivity contribution >= 4 is 38.9 Å². The fraction of sp³-hybridized carbons (Fsp3) is 0.175. The fourth-order valence-corrected chi connectivity index (χ4v) is 8.46. The number of fused-ring (bicyclic) bond motifs is 2. The predicted octanol–water partition coefficient (Wildman–Crippen LogP) is 14.4. The van der Waals surface area contributed by atoms with Crippen LogP contribution >= 0.6 is 0 Å². The van der Waals surface area contributed by atoms with E-state index in [4.69, 9.17) is 23.9 Å². The summed E-state index contributed by atoms with van der Waals surface area (Å²) in [5, 5.41) is 2.34. The molecule has 0 unspecified atom stereocenters. The monoisotopic (exact) mass is 841 g/mol. The Morgan fingerprint density at radius 1 is 0.562 bits per heavy atom. The molecule has 0 spiro atoms. The third-order valence-electron chi connectivity index (χ3n) is 12.2. The van der Waals surface area contributed by atoms with Crippen molar-refractivity contribution in [2.45, 2.75) is 26.2 Å². The molecule has 1 saturated heterocycles. The lowest BCUT2D eigenvalue weighted by atomic mass is 9.84. The summed E-state index contributed by atoms with van der Waals surface area (Å²) in [6, 6.07) is 67.3. The average molecular weight is 842 g/mol. The van der Waals surface area contributed by atoms with Crippen molar-refractivity contribution in [1.82, 2.24) is 9.55 Å². The Balaban J connectivity index is 0.905. The van der Waals surface area contributed by atoms with Gasteiger partial charge in [-0.25, -0.2) is 4.98 Å². The van der Waals surface area contributed by atoms with E-state index in [1.807, 2.05) is 54.6 Å². The van der Waals surface area contributed by atoms with Crippen molar-refractivity contribution in [3.63, 3.8) is 0 Å². The van der Waals surface area contributed by atoms with Crippen molar-refractivity contribution in [2.75, 3.05) is 37.9 Å². The van der Waals surface area contributed by atoms with E-state index in [0.29, 0.717) is 6.61 Å². The maximum atomic E-state index is 6.57. The van der Waals surface area contributed by atoms with Gasteiger partial charge in [-0.3, -0.25) is 4.57 Å². The Kier molecular flexibility index (Phi) is 11.9. The van der Waals surface area contributed by atoms with Crippen LogP contribution in [0, 0.1) is 5.41 Å². The standard InChI is InChI=1S/C57H51N3O4/c1-2-57(40-62-41-57)39-61-33-11-12-34-63-52-21-13-19-48(37-52)59(50-28-27-45-35-44(25-26-46(45)36-50)42-15-5-3-6-16-42)47-29-31-51(32-30-47)64-53-22-14-20-49(38-53)60-55-24-10-9-23-54(55)58-56(60)43-17-7-4-8-18-43/h3-10,13-32,35-38H,2,11-12,33-34,39-41H2,1H3. The molecule has 64 heavy (non-hydrogen) atoms. The lowest BCUT2D eigenvalue weighted by molar-refractivity contribution is -0.150. The van der Waals surface area contributed by atoms with Crippen LogP contribution in [-0.2, 0) is 9.47 Å². The zero-order valence-corrected chi connectivity index (χ0v) is 36.1. The number of aromatic nitrogens is 2. The third-order valence-corrected chi connectivity index (χ3v) is 12.2. The number of rotatable bonds is 17. The topological polar surface area (TPSA) is 58.0 Å². The average Bonchev–Trinajstić information content (AvgIpc) is 3.73. The van der Waals surface area contributed by atoms with Gasteiger partial charge < -0.3 is 23.8 Å². The van der Waals surface area contributed by atoms with Crippen LogP contribution in [0.4, 0.5) is 17.1 Å². The van der Waals surface area contributed by atoms with Crippen molar-refractivity contribution in [1.29, 1.82) is 0 Å². The molecule has 9 aromatic rings. The first kappa shape index (κ1) is 40.9. The van der Waals surface area contributed by atoms with Gasteiger partial charge in [0.15, 0.2) is 0 Å². The largest absolute Gasteiger partial charge is 0.494 e. The molecule has 1 aliphatic rings. The van der Waals surface area contributed by atoms with Crippen LogP contribution in [0.15, 0.2) is 194 Å². The summed E-state index contributed by atoms with van der Waals surface area (Å²) in [5.41, 5.74) is 9.64. The highest BCUT2D eigenvalue weighted by atomic mass is 16.5. The maximum absolute atomic E-state index is 6.57. The Hall–Kier alpha value is -7.19.